The summed E-state index contributed by atoms with van der Waals surface area (Å²) >= 11 is 2.47. The number of allylic oxidation sites excluding steroid dienone is 1. The highest BCUT2D eigenvalue weighted by atomic mass is 32.2. The second kappa shape index (κ2) is 10.6. The molecule has 1 aliphatic carbocycles. The van der Waals surface area contributed by atoms with Crippen LogP contribution in [0.5, 0.6) is 0 Å². The van der Waals surface area contributed by atoms with Crippen LogP contribution in [0.3, 0.4) is 0 Å². The maximum Gasteiger partial charge on any atom is 0.276 e. The van der Waals surface area contributed by atoms with Crippen LogP contribution in [-0.2, 0) is 39.4 Å². The molecule has 2 aliphatic heterocycles. The molecule has 0 aromatic carbocycles. The molecule has 2 aromatic heterocycles. The van der Waals surface area contributed by atoms with E-state index in [4.69, 9.17) is 10.6 Å². The Morgan fingerprint density at radius 1 is 1.45 bits per heavy atom. The Labute approximate surface area is 225 Å². The van der Waals surface area contributed by atoms with E-state index in [2.05, 4.69) is 15.5 Å². The number of carbonyl (C=O) groups is 3. The molecule has 15 heteroatoms. The van der Waals surface area contributed by atoms with Gasteiger partial charge < -0.3 is 30.9 Å². The second-order valence-electron chi connectivity index (χ2n) is 8.92. The van der Waals surface area contributed by atoms with Crippen LogP contribution in [0.1, 0.15) is 24.1 Å². The topological polar surface area (TPSA) is 179 Å². The van der Waals surface area contributed by atoms with E-state index in [-0.39, 0.29) is 41.5 Å². The quantitative estimate of drug-likeness (QED) is 0.107. The zero-order valence-corrected chi connectivity index (χ0v) is 21.9. The molecule has 1 fully saturated rings. The summed E-state index contributed by atoms with van der Waals surface area (Å²) in [4.78, 5) is 49.2. The molecule has 0 saturated carbocycles. The Kier molecular flexibility index (Phi) is 7.23. The molecule has 1 saturated heterocycles. The van der Waals surface area contributed by atoms with Gasteiger partial charge in [-0.2, -0.15) is 4.68 Å². The monoisotopic (exact) mass is 559 g/mol. The fourth-order valence-electron chi connectivity index (χ4n) is 4.48. The third kappa shape index (κ3) is 4.91. The summed E-state index contributed by atoms with van der Waals surface area (Å²) in [5, 5.41) is 29.3. The van der Waals surface area contributed by atoms with E-state index in [1.165, 1.54) is 11.8 Å². The zero-order chi connectivity index (χ0) is 27.0. The predicted molar refractivity (Wildman–Crippen MR) is 135 cm³/mol. The first-order chi connectivity index (χ1) is 18.3. The summed E-state index contributed by atoms with van der Waals surface area (Å²) in [5.41, 5.74) is 6.77. The number of aliphatic hydroxyl groups excluding tert-OH is 1. The zero-order valence-electron chi connectivity index (χ0n) is 20.3. The van der Waals surface area contributed by atoms with Crippen molar-refractivity contribution in [2.45, 2.75) is 43.5 Å². The molecule has 200 valence electrons. The minimum atomic E-state index is -1.47. The van der Waals surface area contributed by atoms with Gasteiger partial charge in [0.25, 0.3) is 11.8 Å². The number of nitrogens with two attached hydrogens (primary N) is 1. The van der Waals surface area contributed by atoms with Crippen LogP contribution in [0.2, 0.25) is 0 Å². The number of anilines is 1. The van der Waals surface area contributed by atoms with Gasteiger partial charge in [-0.05, 0) is 24.5 Å². The Bertz CT molecular complexity index is 1380. The molecule has 4 N–H and O–H groups in total. The molecule has 3 aliphatic rings. The number of aromatic nitrogens is 3. The maximum atomic E-state index is 13.2. The third-order valence-electron chi connectivity index (χ3n) is 6.36. The SMILES string of the molecule is C[n+]1cc(CO)cn1CC1=C(C(=O)[O-])N2C(=O)[C@@H](NC(=O)C(=NOC3C=CCC3)c3csc(N)n3)[C@H]2SC1. The fourth-order valence-corrected chi connectivity index (χ4v) is 6.36. The number of thiazole rings is 1. The molecule has 0 radical (unpaired) electrons. The molecule has 0 bridgehead atoms. The number of nitrogens with one attached hydrogen (secondary N) is 1. The van der Waals surface area contributed by atoms with Gasteiger partial charge in [0.15, 0.2) is 17.9 Å². The van der Waals surface area contributed by atoms with Crippen LogP contribution >= 0.6 is 23.1 Å². The van der Waals surface area contributed by atoms with Gasteiger partial charge in [-0.25, -0.2) is 4.98 Å². The van der Waals surface area contributed by atoms with Crippen molar-refractivity contribution in [3.05, 3.63) is 52.5 Å². The van der Waals surface area contributed by atoms with E-state index >= 15 is 0 Å². The molecule has 1 unspecified atom stereocenters. The summed E-state index contributed by atoms with van der Waals surface area (Å²) in [6, 6.07) is -0.973. The highest BCUT2D eigenvalue weighted by molar-refractivity contribution is 8.00. The summed E-state index contributed by atoms with van der Waals surface area (Å²) in [6.07, 6.45) is 8.54. The first-order valence-corrected chi connectivity index (χ1v) is 13.7. The van der Waals surface area contributed by atoms with Crippen molar-refractivity contribution in [1.29, 1.82) is 0 Å². The van der Waals surface area contributed by atoms with Crippen LogP contribution < -0.4 is 20.8 Å². The first kappa shape index (κ1) is 25.9. The molecule has 13 nitrogen and oxygen atoms in total. The van der Waals surface area contributed by atoms with E-state index in [0.29, 0.717) is 16.9 Å². The number of amides is 2. The van der Waals surface area contributed by atoms with Gasteiger partial charge in [0.05, 0.1) is 30.0 Å². The van der Waals surface area contributed by atoms with Crippen LogP contribution in [0.15, 0.2) is 46.4 Å². The summed E-state index contributed by atoms with van der Waals surface area (Å²) in [7, 11) is 1.76. The van der Waals surface area contributed by atoms with Gasteiger partial charge in [0.1, 0.15) is 29.8 Å². The lowest BCUT2D eigenvalue weighted by molar-refractivity contribution is -0.753. The molecule has 38 heavy (non-hydrogen) atoms. The average molecular weight is 560 g/mol. The average Bonchev–Trinajstić information content (AvgIpc) is 3.64. The first-order valence-electron chi connectivity index (χ1n) is 11.7. The second-order valence-corrected chi connectivity index (χ2v) is 10.9. The summed E-state index contributed by atoms with van der Waals surface area (Å²) in [6.45, 7) is 0.0343. The number of aliphatic hydroxyl groups is 1. The highest BCUT2D eigenvalue weighted by Gasteiger charge is 2.53. The van der Waals surface area contributed by atoms with Gasteiger partial charge in [-0.15, -0.1) is 27.8 Å². The predicted octanol–water partition coefficient (Wildman–Crippen LogP) is -1.61. The number of rotatable bonds is 9. The van der Waals surface area contributed by atoms with Crippen LogP contribution in [0.4, 0.5) is 5.13 Å². The minimum absolute atomic E-state index is 0.124. The number of hydrogen-bond acceptors (Lipinski definition) is 11. The van der Waals surface area contributed by atoms with E-state index in [0.717, 1.165) is 29.1 Å². The molecular weight excluding hydrogens is 534 g/mol. The van der Waals surface area contributed by atoms with Crippen molar-refractivity contribution in [2.24, 2.45) is 12.2 Å². The number of oxime groups is 1. The molecule has 3 atom stereocenters. The number of hydrogen-bond donors (Lipinski definition) is 3. The van der Waals surface area contributed by atoms with Crippen molar-refractivity contribution in [3.8, 4) is 0 Å². The number of thioether (sulfide) groups is 1. The lowest BCUT2D eigenvalue weighted by Gasteiger charge is -2.50. The Hall–Kier alpha value is -3.69. The normalized spacial score (nSPS) is 22.9. The molecule has 4 heterocycles. The van der Waals surface area contributed by atoms with Crippen molar-refractivity contribution in [1.82, 2.24) is 19.9 Å². The van der Waals surface area contributed by atoms with Gasteiger partial charge in [-0.1, -0.05) is 11.2 Å². The number of carboxylic acids is 1. The Morgan fingerprint density at radius 2 is 2.26 bits per heavy atom. The molecule has 2 amide bonds. The fraction of sp³-hybridized carbons (Fsp3) is 0.391. The highest BCUT2D eigenvalue weighted by Crippen LogP contribution is 2.40. The molecule has 5 rings (SSSR count). The molecule has 2 aromatic rings. The number of carboxylic acid groups (broad SMARTS) is 1. The van der Waals surface area contributed by atoms with Gasteiger partial charge >= 0.3 is 0 Å². The Morgan fingerprint density at radius 3 is 2.89 bits per heavy atom. The van der Waals surface area contributed by atoms with Crippen LogP contribution in [0, 0.1) is 0 Å². The maximum absolute atomic E-state index is 13.2. The van der Waals surface area contributed by atoms with E-state index in [1.807, 2.05) is 12.2 Å². The summed E-state index contributed by atoms with van der Waals surface area (Å²) < 4.78 is 3.45. The summed E-state index contributed by atoms with van der Waals surface area (Å²) in [5.74, 6) is -2.43. The van der Waals surface area contributed by atoms with E-state index in [9.17, 15) is 24.6 Å². The number of aliphatic carboxylic acids is 1. The third-order valence-corrected chi connectivity index (χ3v) is 8.38. The van der Waals surface area contributed by atoms with Gasteiger partial charge in [0, 0.05) is 11.1 Å². The number of carbonyl (C=O) groups excluding carboxylic acids is 3. The number of β-lactam (4-membered cyclic amide) rings is 1. The van der Waals surface area contributed by atoms with Crippen molar-refractivity contribution >= 4 is 51.7 Å². The van der Waals surface area contributed by atoms with Crippen LogP contribution in [-0.4, -0.2) is 66.4 Å². The van der Waals surface area contributed by atoms with E-state index in [1.54, 1.807) is 34.2 Å². The van der Waals surface area contributed by atoms with Crippen molar-refractivity contribution in [3.63, 3.8) is 0 Å². The molecule has 0 spiro atoms. The molecular formula is C23H25N7O6S2. The minimum Gasteiger partial charge on any atom is -0.543 e. The smallest absolute Gasteiger partial charge is 0.276 e. The number of fused-ring (bicyclic) bond motifs is 1. The number of aryl methyl sites for hydroxylation is 1. The Balaban J connectivity index is 1.34. The van der Waals surface area contributed by atoms with Crippen molar-refractivity contribution in [2.75, 3.05) is 11.5 Å². The van der Waals surface area contributed by atoms with Gasteiger partial charge in [0.2, 0.25) is 6.20 Å². The van der Waals surface area contributed by atoms with Crippen molar-refractivity contribution < 1.29 is 34.1 Å². The van der Waals surface area contributed by atoms with Gasteiger partial charge in [-0.3, -0.25) is 14.5 Å². The van der Waals surface area contributed by atoms with E-state index < -0.39 is 29.2 Å². The largest absolute Gasteiger partial charge is 0.543 e. The number of nitrogens with zero attached hydrogens (tertiary/aromatic N) is 5. The lowest BCUT2D eigenvalue weighted by Crippen LogP contribution is -2.71. The standard InChI is InChI=1S/C23H25N7O6S2/c1-28-6-12(9-31)7-29(28)8-13-10-37-21-17(20(33)30(21)18(13)22(34)35)26-19(32)16(15-11-38-23(24)25-15)27-36-14-4-2-3-5-14/h2,4,6-7,11,14,17,21,31H,3,5,8-10H2,1H3,(H3-,24,25,26,32,34,35)/t14?,17-,21-/m1/s1. The lowest BCUT2D eigenvalue weighted by atomic mass is 10.0. The van der Waals surface area contributed by atoms with Crippen LogP contribution in [0.25, 0.3) is 0 Å². The number of nitrogen functional groups attached to an aromatic ring is 1.